The molecule has 0 aromatic heterocycles. The van der Waals surface area contributed by atoms with Crippen molar-refractivity contribution in [1.82, 2.24) is 0 Å². The summed E-state index contributed by atoms with van der Waals surface area (Å²) in [4.78, 5) is 5.29. The van der Waals surface area contributed by atoms with Gasteiger partial charge in [-0.2, -0.15) is 0 Å². The van der Waals surface area contributed by atoms with Gasteiger partial charge in [-0.15, -0.1) is 0 Å². The molecule has 4 nitrogen and oxygen atoms in total. The van der Waals surface area contributed by atoms with Crippen molar-refractivity contribution in [3.05, 3.63) is 29.3 Å². The Morgan fingerprint density at radius 1 is 0.968 bits per heavy atom. The first-order valence-corrected chi connectivity index (χ1v) is 18.8. The van der Waals surface area contributed by atoms with Crippen LogP contribution in [0.4, 0.5) is 0 Å². The fourth-order valence-electron chi connectivity index (χ4n) is 6.76. The summed E-state index contributed by atoms with van der Waals surface area (Å²) in [7, 11) is -1.68. The second-order valence-corrected chi connectivity index (χ2v) is 20.9. The fraction of sp³-hybridized carbons (Fsp3) is 0.720. The molecule has 3 aliphatic carbocycles. The summed E-state index contributed by atoms with van der Waals surface area (Å²) in [6, 6.07) is 6.91. The van der Waals surface area contributed by atoms with Crippen molar-refractivity contribution in [2.24, 2.45) is 16.5 Å². The zero-order chi connectivity index (χ0) is 22.7. The highest BCUT2D eigenvalue weighted by atomic mass is 28.4. The topological polar surface area (TPSA) is 40.0 Å². The van der Waals surface area contributed by atoms with Crippen LogP contribution in [0.2, 0.25) is 39.3 Å². The van der Waals surface area contributed by atoms with Gasteiger partial charge in [0.05, 0.1) is 11.3 Å². The maximum atomic E-state index is 7.23. The predicted molar refractivity (Wildman–Crippen MR) is 133 cm³/mol. The van der Waals surface area contributed by atoms with Crippen LogP contribution in [-0.2, 0) is 15.7 Å². The van der Waals surface area contributed by atoms with Gasteiger partial charge in [-0.25, -0.2) is 0 Å². The van der Waals surface area contributed by atoms with Gasteiger partial charge in [-0.05, 0) is 113 Å². The Kier molecular flexibility index (Phi) is 5.75. The van der Waals surface area contributed by atoms with Crippen molar-refractivity contribution >= 4 is 22.3 Å². The molecule has 0 saturated heterocycles. The predicted octanol–water partition coefficient (Wildman–Crippen LogP) is 6.73. The summed E-state index contributed by atoms with van der Waals surface area (Å²) in [5, 5.41) is 4.52. The third-order valence-electron chi connectivity index (χ3n) is 7.70. The molecule has 31 heavy (non-hydrogen) atoms. The highest BCUT2D eigenvalue weighted by Gasteiger charge is 2.65. The standard InChI is InChI=1S/C25H41NO3Si2/c1-24-15-13-21-20-11-10-19(28-30(3,4)5)17-18(20)9-12-22(21)25(24,29-31(6,7)8)16-14-23(24)26-27-2/h10-11,17,21-22H,9,12-16H2,1-8H3/b26-23+/t21-,22-,24-,25-/m1/s1. The lowest BCUT2D eigenvalue weighted by Gasteiger charge is -2.58. The fourth-order valence-corrected chi connectivity index (χ4v) is 9.16. The first-order chi connectivity index (χ1) is 14.4. The Hall–Kier alpha value is -1.12. The number of oxime groups is 1. The van der Waals surface area contributed by atoms with Gasteiger partial charge in [-0.1, -0.05) is 18.1 Å². The molecule has 2 saturated carbocycles. The maximum absolute atomic E-state index is 7.23. The first kappa shape index (κ1) is 23.1. The van der Waals surface area contributed by atoms with Crippen molar-refractivity contribution < 1.29 is 13.7 Å². The number of nitrogens with zero attached hydrogens (tertiary/aromatic N) is 1. The van der Waals surface area contributed by atoms with E-state index in [0.717, 1.165) is 31.4 Å². The van der Waals surface area contributed by atoms with Crippen molar-refractivity contribution in [3.8, 4) is 5.75 Å². The van der Waals surface area contributed by atoms with Crippen LogP contribution >= 0.6 is 0 Å². The summed E-state index contributed by atoms with van der Waals surface area (Å²) >= 11 is 0. The molecule has 0 radical (unpaired) electrons. The van der Waals surface area contributed by atoms with Gasteiger partial charge >= 0.3 is 0 Å². The second-order valence-electron chi connectivity index (χ2n) is 12.0. The number of rotatable bonds is 5. The van der Waals surface area contributed by atoms with E-state index in [9.17, 15) is 0 Å². The van der Waals surface area contributed by atoms with E-state index >= 15 is 0 Å². The average Bonchev–Trinajstić information content (AvgIpc) is 2.91. The minimum atomic E-state index is -1.75. The van der Waals surface area contributed by atoms with Crippen LogP contribution in [0.3, 0.4) is 0 Å². The Balaban J connectivity index is 1.73. The van der Waals surface area contributed by atoms with Crippen LogP contribution in [0.25, 0.3) is 0 Å². The lowest BCUT2D eigenvalue weighted by Crippen LogP contribution is -2.61. The molecule has 4 atom stereocenters. The highest BCUT2D eigenvalue weighted by molar-refractivity contribution is 6.70. The smallest absolute Gasteiger partial charge is 0.242 e. The van der Waals surface area contributed by atoms with E-state index in [4.69, 9.17) is 13.7 Å². The van der Waals surface area contributed by atoms with E-state index < -0.39 is 16.6 Å². The molecule has 0 amide bonds. The van der Waals surface area contributed by atoms with Crippen molar-refractivity contribution in [2.45, 2.75) is 96.2 Å². The van der Waals surface area contributed by atoms with Crippen LogP contribution < -0.4 is 4.43 Å². The lowest BCUT2D eigenvalue weighted by molar-refractivity contribution is -0.105. The van der Waals surface area contributed by atoms with Gasteiger partial charge in [0.2, 0.25) is 8.32 Å². The van der Waals surface area contributed by atoms with Gasteiger partial charge in [0, 0.05) is 5.41 Å². The molecule has 0 unspecified atom stereocenters. The molecular formula is C25H41NO3Si2. The molecule has 3 aliphatic rings. The summed E-state index contributed by atoms with van der Waals surface area (Å²) in [5.74, 6) is 2.16. The Bertz CT molecular complexity index is 872. The molecule has 172 valence electrons. The monoisotopic (exact) mass is 459 g/mol. The maximum Gasteiger partial charge on any atom is 0.242 e. The Morgan fingerprint density at radius 3 is 2.35 bits per heavy atom. The second kappa shape index (κ2) is 7.73. The third-order valence-corrected chi connectivity index (χ3v) is 9.52. The summed E-state index contributed by atoms with van der Waals surface area (Å²) in [6.45, 7) is 16.2. The molecule has 4 rings (SSSR count). The summed E-state index contributed by atoms with van der Waals surface area (Å²) < 4.78 is 13.5. The third kappa shape index (κ3) is 4.04. The number of hydrogen-bond acceptors (Lipinski definition) is 4. The van der Waals surface area contributed by atoms with Gasteiger partial charge in [0.1, 0.15) is 12.9 Å². The molecule has 6 heteroatoms. The van der Waals surface area contributed by atoms with Crippen LogP contribution in [0.1, 0.15) is 56.1 Å². The van der Waals surface area contributed by atoms with Crippen LogP contribution in [0.15, 0.2) is 23.4 Å². The van der Waals surface area contributed by atoms with Crippen molar-refractivity contribution in [3.63, 3.8) is 0 Å². The largest absolute Gasteiger partial charge is 0.544 e. The number of fused-ring (bicyclic) bond motifs is 5. The van der Waals surface area contributed by atoms with Crippen LogP contribution in [0.5, 0.6) is 5.75 Å². The molecule has 2 fully saturated rings. The van der Waals surface area contributed by atoms with E-state index in [1.54, 1.807) is 7.11 Å². The number of aryl methyl sites for hydroxylation is 1. The minimum absolute atomic E-state index is 0.0250. The van der Waals surface area contributed by atoms with Gasteiger partial charge in [-0.3, -0.25) is 0 Å². The molecule has 0 heterocycles. The molecule has 0 aliphatic heterocycles. The van der Waals surface area contributed by atoms with Crippen LogP contribution in [-0.4, -0.2) is 35.1 Å². The highest BCUT2D eigenvalue weighted by Crippen LogP contribution is 2.64. The van der Waals surface area contributed by atoms with Crippen molar-refractivity contribution in [1.29, 1.82) is 0 Å². The Labute approximate surface area is 191 Å². The zero-order valence-corrected chi connectivity index (χ0v) is 22.8. The van der Waals surface area contributed by atoms with Gasteiger partial charge in [0.15, 0.2) is 8.32 Å². The molecular weight excluding hydrogens is 418 g/mol. The average molecular weight is 460 g/mol. The van der Waals surface area contributed by atoms with E-state index in [1.807, 2.05) is 0 Å². The minimum Gasteiger partial charge on any atom is -0.544 e. The zero-order valence-electron chi connectivity index (χ0n) is 20.8. The van der Waals surface area contributed by atoms with E-state index in [1.165, 1.54) is 29.7 Å². The molecule has 0 spiro atoms. The van der Waals surface area contributed by atoms with Gasteiger partial charge in [0.25, 0.3) is 0 Å². The van der Waals surface area contributed by atoms with E-state index in [2.05, 4.69) is 69.6 Å². The Morgan fingerprint density at radius 2 is 1.71 bits per heavy atom. The normalized spacial score (nSPS) is 34.1. The summed E-state index contributed by atoms with van der Waals surface area (Å²) in [5.41, 5.74) is 4.10. The quantitative estimate of drug-likeness (QED) is 0.362. The molecule has 0 bridgehead atoms. The molecule has 0 N–H and O–H groups in total. The first-order valence-electron chi connectivity index (χ1n) is 12.0. The van der Waals surface area contributed by atoms with E-state index in [0.29, 0.717) is 11.8 Å². The van der Waals surface area contributed by atoms with Crippen molar-refractivity contribution in [2.75, 3.05) is 7.11 Å². The van der Waals surface area contributed by atoms with E-state index in [-0.39, 0.29) is 11.0 Å². The van der Waals surface area contributed by atoms with Crippen LogP contribution in [0, 0.1) is 11.3 Å². The summed E-state index contributed by atoms with van der Waals surface area (Å²) in [6.07, 6.45) is 6.68. The number of benzene rings is 1. The SMILES string of the molecule is CO/N=C1\CC[C@@]2(O[Si](C)(C)C)[C@@H]3CCc4cc(O[Si](C)(C)C)ccc4[C@H]3CC[C@]12C. The van der Waals surface area contributed by atoms with Gasteiger partial charge < -0.3 is 13.7 Å². The molecule has 1 aromatic rings. The lowest BCUT2D eigenvalue weighted by atomic mass is 9.53. The number of hydrogen-bond donors (Lipinski definition) is 0. The molecule has 1 aromatic carbocycles.